The first kappa shape index (κ1) is 24.4. The van der Waals surface area contributed by atoms with Gasteiger partial charge in [-0.15, -0.1) is 0 Å². The molecule has 0 unspecified atom stereocenters. The number of ether oxygens (including phenoxy) is 3. The zero-order valence-electron chi connectivity index (χ0n) is 18.3. The van der Waals surface area contributed by atoms with Crippen molar-refractivity contribution in [1.29, 1.82) is 0 Å². The number of amides is 1. The van der Waals surface area contributed by atoms with Gasteiger partial charge < -0.3 is 14.2 Å². The van der Waals surface area contributed by atoms with E-state index in [0.29, 0.717) is 58.2 Å². The molecule has 1 amide bonds. The predicted octanol–water partition coefficient (Wildman–Crippen LogP) is 6.13. The van der Waals surface area contributed by atoms with Crippen molar-refractivity contribution in [3.63, 3.8) is 0 Å². The monoisotopic (exact) mass is 486 g/mol. The van der Waals surface area contributed by atoms with Gasteiger partial charge in [0.1, 0.15) is 12.4 Å². The van der Waals surface area contributed by atoms with Crippen LogP contribution in [0.3, 0.4) is 0 Å². The molecule has 0 atom stereocenters. The molecule has 0 heterocycles. The van der Waals surface area contributed by atoms with Crippen molar-refractivity contribution in [2.24, 2.45) is 5.10 Å². The van der Waals surface area contributed by atoms with Crippen LogP contribution >= 0.6 is 23.2 Å². The smallest absolute Gasteiger partial charge is 0.271 e. The number of benzene rings is 3. The standard InChI is InChI=1S/C25H24Cl2N2O4/c1-3-31-23-10-8-18(14-24(23)32-4-2)25(30)29-28-15-19-13-21(27)9-11-22(19)33-16-17-6-5-7-20(26)12-17/h5-15H,3-4,16H2,1-2H3,(H,29,30)/b28-15+. The van der Waals surface area contributed by atoms with Crippen LogP contribution in [0.15, 0.2) is 65.8 Å². The summed E-state index contributed by atoms with van der Waals surface area (Å²) in [7, 11) is 0. The van der Waals surface area contributed by atoms with Crippen molar-refractivity contribution in [2.45, 2.75) is 20.5 Å². The van der Waals surface area contributed by atoms with Gasteiger partial charge in [-0.05, 0) is 67.9 Å². The molecule has 8 heteroatoms. The summed E-state index contributed by atoms with van der Waals surface area (Å²) in [6.45, 7) is 5.02. The summed E-state index contributed by atoms with van der Waals surface area (Å²) in [5, 5.41) is 5.22. The summed E-state index contributed by atoms with van der Waals surface area (Å²) in [5.74, 6) is 1.26. The molecule has 1 N–H and O–H groups in total. The van der Waals surface area contributed by atoms with E-state index in [1.165, 1.54) is 6.21 Å². The average molecular weight is 487 g/mol. The zero-order chi connectivity index (χ0) is 23.6. The van der Waals surface area contributed by atoms with E-state index in [4.69, 9.17) is 37.4 Å². The Hall–Kier alpha value is -3.22. The molecule has 0 aliphatic carbocycles. The van der Waals surface area contributed by atoms with E-state index in [1.54, 1.807) is 42.5 Å². The molecule has 0 saturated carbocycles. The molecular formula is C25H24Cl2N2O4. The quantitative estimate of drug-likeness (QED) is 0.276. The van der Waals surface area contributed by atoms with Gasteiger partial charge in [-0.2, -0.15) is 5.10 Å². The third-order valence-corrected chi connectivity index (χ3v) is 4.90. The van der Waals surface area contributed by atoms with Crippen LogP contribution in [0.5, 0.6) is 17.2 Å². The lowest BCUT2D eigenvalue weighted by molar-refractivity contribution is 0.0954. The van der Waals surface area contributed by atoms with Gasteiger partial charge >= 0.3 is 0 Å². The van der Waals surface area contributed by atoms with E-state index in [9.17, 15) is 4.79 Å². The molecule has 0 radical (unpaired) electrons. The van der Waals surface area contributed by atoms with Crippen molar-refractivity contribution in [3.05, 3.63) is 87.4 Å². The highest BCUT2D eigenvalue weighted by Gasteiger charge is 2.11. The molecule has 3 rings (SSSR count). The molecule has 0 aromatic heterocycles. The second-order valence-corrected chi connectivity index (χ2v) is 7.70. The maximum absolute atomic E-state index is 12.6. The molecular weight excluding hydrogens is 463 g/mol. The van der Waals surface area contributed by atoms with Crippen molar-refractivity contribution < 1.29 is 19.0 Å². The third kappa shape index (κ3) is 7.14. The van der Waals surface area contributed by atoms with E-state index < -0.39 is 5.91 Å². The Morgan fingerprint density at radius 2 is 1.61 bits per heavy atom. The van der Waals surface area contributed by atoms with Crippen LogP contribution in [0.2, 0.25) is 10.0 Å². The van der Waals surface area contributed by atoms with Crippen LogP contribution in [0, 0.1) is 0 Å². The number of hydrogen-bond acceptors (Lipinski definition) is 5. The summed E-state index contributed by atoms with van der Waals surface area (Å²) in [4.78, 5) is 12.6. The average Bonchev–Trinajstić information content (AvgIpc) is 2.80. The molecule has 0 aliphatic rings. The molecule has 0 fully saturated rings. The number of halogens is 2. The normalized spacial score (nSPS) is 10.8. The Morgan fingerprint density at radius 3 is 2.36 bits per heavy atom. The van der Waals surface area contributed by atoms with Crippen LogP contribution in [-0.2, 0) is 6.61 Å². The Morgan fingerprint density at radius 1 is 0.879 bits per heavy atom. The Labute approximate surface area is 203 Å². The molecule has 3 aromatic rings. The SMILES string of the molecule is CCOc1ccc(C(=O)N/N=C/c2cc(Cl)ccc2OCc2cccc(Cl)c2)cc1OCC. The lowest BCUT2D eigenvalue weighted by Gasteiger charge is -2.12. The topological polar surface area (TPSA) is 69.2 Å². The summed E-state index contributed by atoms with van der Waals surface area (Å²) in [6.07, 6.45) is 1.48. The highest BCUT2D eigenvalue weighted by Crippen LogP contribution is 2.28. The van der Waals surface area contributed by atoms with Crippen molar-refractivity contribution in [3.8, 4) is 17.2 Å². The number of hydrogen-bond donors (Lipinski definition) is 1. The number of nitrogens with one attached hydrogen (secondary N) is 1. The van der Waals surface area contributed by atoms with Gasteiger partial charge in [0.05, 0.1) is 19.4 Å². The van der Waals surface area contributed by atoms with Crippen LogP contribution in [-0.4, -0.2) is 25.3 Å². The maximum Gasteiger partial charge on any atom is 0.271 e. The highest BCUT2D eigenvalue weighted by atomic mass is 35.5. The van der Waals surface area contributed by atoms with Crippen LogP contribution < -0.4 is 19.6 Å². The maximum atomic E-state index is 12.6. The van der Waals surface area contributed by atoms with E-state index in [2.05, 4.69) is 10.5 Å². The van der Waals surface area contributed by atoms with Crippen LogP contribution in [0.4, 0.5) is 0 Å². The highest BCUT2D eigenvalue weighted by molar-refractivity contribution is 6.31. The first-order valence-electron chi connectivity index (χ1n) is 10.4. The minimum absolute atomic E-state index is 0.321. The van der Waals surface area contributed by atoms with Gasteiger partial charge in [-0.25, -0.2) is 5.43 Å². The number of carbonyl (C=O) groups is 1. The lowest BCUT2D eigenvalue weighted by Crippen LogP contribution is -2.18. The second kappa shape index (κ2) is 12.1. The molecule has 0 bridgehead atoms. The van der Waals surface area contributed by atoms with E-state index in [0.717, 1.165) is 5.56 Å². The fraction of sp³-hybridized carbons (Fsp3) is 0.200. The Kier molecular flexibility index (Phi) is 8.98. The number of carbonyl (C=O) groups excluding carboxylic acids is 1. The molecule has 33 heavy (non-hydrogen) atoms. The van der Waals surface area contributed by atoms with Gasteiger partial charge in [0, 0.05) is 21.2 Å². The van der Waals surface area contributed by atoms with Gasteiger partial charge in [0.25, 0.3) is 5.91 Å². The molecule has 172 valence electrons. The van der Waals surface area contributed by atoms with Gasteiger partial charge in [-0.1, -0.05) is 35.3 Å². The van der Waals surface area contributed by atoms with Crippen molar-refractivity contribution in [1.82, 2.24) is 5.43 Å². The predicted molar refractivity (Wildman–Crippen MR) is 131 cm³/mol. The Bertz CT molecular complexity index is 1140. The number of nitrogens with zero attached hydrogens (tertiary/aromatic N) is 1. The first-order chi connectivity index (χ1) is 16.0. The van der Waals surface area contributed by atoms with E-state index in [1.807, 2.05) is 32.0 Å². The van der Waals surface area contributed by atoms with Crippen LogP contribution in [0.1, 0.15) is 35.3 Å². The molecule has 0 spiro atoms. The third-order valence-electron chi connectivity index (χ3n) is 4.43. The van der Waals surface area contributed by atoms with Crippen molar-refractivity contribution in [2.75, 3.05) is 13.2 Å². The van der Waals surface area contributed by atoms with E-state index in [-0.39, 0.29) is 0 Å². The van der Waals surface area contributed by atoms with Gasteiger partial charge in [-0.3, -0.25) is 4.79 Å². The van der Waals surface area contributed by atoms with Crippen LogP contribution in [0.25, 0.3) is 0 Å². The second-order valence-electron chi connectivity index (χ2n) is 6.83. The van der Waals surface area contributed by atoms with Gasteiger partial charge in [0.15, 0.2) is 11.5 Å². The fourth-order valence-corrected chi connectivity index (χ4v) is 3.35. The summed E-state index contributed by atoms with van der Waals surface area (Å²) in [6, 6.07) is 17.6. The molecule has 0 saturated heterocycles. The zero-order valence-corrected chi connectivity index (χ0v) is 19.8. The van der Waals surface area contributed by atoms with Gasteiger partial charge in [0.2, 0.25) is 0 Å². The largest absolute Gasteiger partial charge is 0.490 e. The molecule has 0 aliphatic heterocycles. The minimum atomic E-state index is -0.390. The van der Waals surface area contributed by atoms with Crippen molar-refractivity contribution >= 4 is 35.3 Å². The molecule has 6 nitrogen and oxygen atoms in total. The minimum Gasteiger partial charge on any atom is -0.490 e. The van der Waals surface area contributed by atoms with E-state index >= 15 is 0 Å². The summed E-state index contributed by atoms with van der Waals surface area (Å²) < 4.78 is 17.0. The first-order valence-corrected chi connectivity index (χ1v) is 11.2. The lowest BCUT2D eigenvalue weighted by atomic mass is 10.2. The Balaban J connectivity index is 1.70. The fourth-order valence-electron chi connectivity index (χ4n) is 2.96. The summed E-state index contributed by atoms with van der Waals surface area (Å²) >= 11 is 12.2. The number of hydrazone groups is 1. The molecule has 3 aromatic carbocycles. The number of rotatable bonds is 10. The summed E-state index contributed by atoms with van der Waals surface area (Å²) in [5.41, 5.74) is 4.45.